The summed E-state index contributed by atoms with van der Waals surface area (Å²) in [6, 6.07) is 10.1. The van der Waals surface area contributed by atoms with E-state index in [2.05, 4.69) is 40.1 Å². The molecule has 0 radical (unpaired) electrons. The lowest BCUT2D eigenvalue weighted by Crippen LogP contribution is -1.96. The summed E-state index contributed by atoms with van der Waals surface area (Å²) in [5.41, 5.74) is 2.34. The molecule has 0 aliphatic heterocycles. The molecule has 0 bridgehead atoms. The third-order valence-electron chi connectivity index (χ3n) is 1.92. The molecule has 0 N–H and O–H groups in total. The number of benzene rings is 1. The lowest BCUT2D eigenvalue weighted by atomic mass is 10.2. The number of halogens is 1. The van der Waals surface area contributed by atoms with Gasteiger partial charge < -0.3 is 0 Å². The largest absolute Gasteiger partial charge is 0.240 e. The normalized spacial score (nSPS) is 10.3. The van der Waals surface area contributed by atoms with Crippen molar-refractivity contribution in [3.8, 4) is 5.69 Å². The van der Waals surface area contributed by atoms with Crippen LogP contribution in [0, 0.1) is 6.92 Å². The first kappa shape index (κ1) is 8.51. The van der Waals surface area contributed by atoms with Gasteiger partial charge in [0.25, 0.3) is 0 Å². The molecule has 0 atom stereocenters. The quantitative estimate of drug-likeness (QED) is 0.745. The summed E-state index contributed by atoms with van der Waals surface area (Å²) in [6.07, 6.45) is 1.94. The van der Waals surface area contributed by atoms with Crippen LogP contribution in [-0.2, 0) is 0 Å². The van der Waals surface area contributed by atoms with Crippen LogP contribution in [0.4, 0.5) is 0 Å². The van der Waals surface area contributed by atoms with E-state index in [1.165, 1.54) is 5.56 Å². The summed E-state index contributed by atoms with van der Waals surface area (Å²) in [6.45, 7) is 2.07. The molecule has 0 fully saturated rings. The summed E-state index contributed by atoms with van der Waals surface area (Å²) in [5.74, 6) is 0. The lowest BCUT2D eigenvalue weighted by molar-refractivity contribution is 0.863. The van der Waals surface area contributed by atoms with Crippen molar-refractivity contribution >= 4 is 15.9 Å². The molecule has 0 saturated carbocycles. The summed E-state index contributed by atoms with van der Waals surface area (Å²) in [5, 5.41) is 4.28. The summed E-state index contributed by atoms with van der Waals surface area (Å²) < 4.78 is 2.72. The van der Waals surface area contributed by atoms with E-state index < -0.39 is 0 Å². The number of rotatable bonds is 1. The minimum absolute atomic E-state index is 0.857. The maximum atomic E-state index is 4.28. The Balaban J connectivity index is 2.52. The first-order valence-corrected chi connectivity index (χ1v) is 4.84. The standard InChI is InChI=1S/C10H9BrN2/c1-8-4-2-3-5-9(8)13-7-6-10(11)12-13/h2-7H,1H3. The molecule has 0 spiro atoms. The van der Waals surface area contributed by atoms with Crippen molar-refractivity contribution in [1.29, 1.82) is 0 Å². The molecule has 3 heteroatoms. The fourth-order valence-electron chi connectivity index (χ4n) is 1.26. The number of hydrogen-bond donors (Lipinski definition) is 0. The van der Waals surface area contributed by atoms with Gasteiger partial charge in [-0.1, -0.05) is 18.2 Å². The number of aryl methyl sites for hydroxylation is 1. The Morgan fingerprint density at radius 1 is 1.23 bits per heavy atom. The van der Waals surface area contributed by atoms with Crippen molar-refractivity contribution in [2.45, 2.75) is 6.92 Å². The first-order valence-electron chi connectivity index (χ1n) is 4.04. The lowest BCUT2D eigenvalue weighted by Gasteiger charge is -2.03. The topological polar surface area (TPSA) is 17.8 Å². The van der Waals surface area contributed by atoms with Crippen LogP contribution in [0.25, 0.3) is 5.69 Å². The molecule has 0 unspecified atom stereocenters. The highest BCUT2D eigenvalue weighted by Gasteiger charge is 2.00. The van der Waals surface area contributed by atoms with Gasteiger partial charge in [-0.05, 0) is 40.5 Å². The van der Waals surface area contributed by atoms with Crippen molar-refractivity contribution in [2.24, 2.45) is 0 Å². The van der Waals surface area contributed by atoms with Crippen LogP contribution in [0.1, 0.15) is 5.56 Å². The molecule has 66 valence electrons. The molecule has 2 nitrogen and oxygen atoms in total. The SMILES string of the molecule is Cc1ccccc1-n1ccc(Br)n1. The van der Waals surface area contributed by atoms with Gasteiger partial charge in [-0.15, -0.1) is 0 Å². The van der Waals surface area contributed by atoms with Gasteiger partial charge in [-0.2, -0.15) is 5.10 Å². The van der Waals surface area contributed by atoms with Crippen LogP contribution in [0.5, 0.6) is 0 Å². The molecule has 1 aromatic carbocycles. The second kappa shape index (κ2) is 3.34. The Bertz CT molecular complexity index is 420. The molecule has 0 aliphatic carbocycles. The number of aromatic nitrogens is 2. The predicted molar refractivity (Wildman–Crippen MR) is 56.0 cm³/mol. The number of nitrogens with zero attached hydrogens (tertiary/aromatic N) is 2. The minimum Gasteiger partial charge on any atom is -0.240 e. The van der Waals surface area contributed by atoms with E-state index in [1.807, 2.05) is 29.1 Å². The van der Waals surface area contributed by atoms with Gasteiger partial charge >= 0.3 is 0 Å². The number of hydrogen-bond acceptors (Lipinski definition) is 1. The van der Waals surface area contributed by atoms with E-state index in [9.17, 15) is 0 Å². The van der Waals surface area contributed by atoms with Crippen LogP contribution in [-0.4, -0.2) is 9.78 Å². The van der Waals surface area contributed by atoms with Crippen molar-refractivity contribution in [3.63, 3.8) is 0 Å². The van der Waals surface area contributed by atoms with Crippen molar-refractivity contribution in [2.75, 3.05) is 0 Å². The highest BCUT2D eigenvalue weighted by Crippen LogP contribution is 2.14. The molecule has 0 saturated heterocycles. The fraction of sp³-hybridized carbons (Fsp3) is 0.100. The van der Waals surface area contributed by atoms with E-state index in [-0.39, 0.29) is 0 Å². The Labute approximate surface area is 85.3 Å². The van der Waals surface area contributed by atoms with E-state index >= 15 is 0 Å². The second-order valence-corrected chi connectivity index (χ2v) is 3.68. The molecule has 2 rings (SSSR count). The molecular formula is C10H9BrN2. The van der Waals surface area contributed by atoms with Crippen LogP contribution in [0.15, 0.2) is 41.1 Å². The summed E-state index contributed by atoms with van der Waals surface area (Å²) in [7, 11) is 0. The Hall–Kier alpha value is -1.09. The monoisotopic (exact) mass is 236 g/mol. The van der Waals surface area contributed by atoms with E-state index in [0.29, 0.717) is 0 Å². The van der Waals surface area contributed by atoms with Crippen LogP contribution < -0.4 is 0 Å². The van der Waals surface area contributed by atoms with Gasteiger partial charge in [-0.3, -0.25) is 0 Å². The smallest absolute Gasteiger partial charge is 0.128 e. The van der Waals surface area contributed by atoms with Gasteiger partial charge in [0.2, 0.25) is 0 Å². The molecule has 13 heavy (non-hydrogen) atoms. The third-order valence-corrected chi connectivity index (χ3v) is 2.34. The highest BCUT2D eigenvalue weighted by molar-refractivity contribution is 9.10. The second-order valence-electron chi connectivity index (χ2n) is 2.87. The molecule has 0 amide bonds. The maximum Gasteiger partial charge on any atom is 0.128 e. The van der Waals surface area contributed by atoms with Gasteiger partial charge in [-0.25, -0.2) is 4.68 Å². The third kappa shape index (κ3) is 1.65. The van der Waals surface area contributed by atoms with E-state index in [0.717, 1.165) is 10.3 Å². The number of para-hydroxylation sites is 1. The Morgan fingerprint density at radius 2 is 2.00 bits per heavy atom. The zero-order valence-corrected chi connectivity index (χ0v) is 8.82. The Kier molecular flexibility index (Phi) is 2.19. The molecule has 2 aromatic rings. The maximum absolute atomic E-state index is 4.28. The fourth-order valence-corrected chi connectivity index (χ4v) is 1.55. The van der Waals surface area contributed by atoms with Gasteiger partial charge in [0, 0.05) is 6.20 Å². The average Bonchev–Trinajstić information content (AvgIpc) is 2.53. The van der Waals surface area contributed by atoms with Crippen LogP contribution in [0.2, 0.25) is 0 Å². The summed E-state index contributed by atoms with van der Waals surface area (Å²) in [4.78, 5) is 0. The zero-order valence-electron chi connectivity index (χ0n) is 7.24. The average molecular weight is 237 g/mol. The van der Waals surface area contributed by atoms with Crippen molar-refractivity contribution < 1.29 is 0 Å². The van der Waals surface area contributed by atoms with Gasteiger partial charge in [0.05, 0.1) is 5.69 Å². The van der Waals surface area contributed by atoms with E-state index in [1.54, 1.807) is 0 Å². The highest BCUT2D eigenvalue weighted by atomic mass is 79.9. The zero-order chi connectivity index (χ0) is 9.26. The first-order chi connectivity index (χ1) is 6.27. The molecule has 1 heterocycles. The molecule has 1 aromatic heterocycles. The van der Waals surface area contributed by atoms with Crippen LogP contribution in [0.3, 0.4) is 0 Å². The molecule has 0 aliphatic rings. The van der Waals surface area contributed by atoms with E-state index in [4.69, 9.17) is 0 Å². The molecular weight excluding hydrogens is 228 g/mol. The Morgan fingerprint density at radius 3 is 2.62 bits per heavy atom. The van der Waals surface area contributed by atoms with Crippen molar-refractivity contribution in [1.82, 2.24) is 9.78 Å². The summed E-state index contributed by atoms with van der Waals surface area (Å²) >= 11 is 3.32. The minimum atomic E-state index is 0.857. The van der Waals surface area contributed by atoms with Crippen LogP contribution >= 0.6 is 15.9 Å². The van der Waals surface area contributed by atoms with Gasteiger partial charge in [0.1, 0.15) is 4.60 Å². The van der Waals surface area contributed by atoms with Crippen molar-refractivity contribution in [3.05, 3.63) is 46.7 Å². The predicted octanol–water partition coefficient (Wildman–Crippen LogP) is 2.94. The van der Waals surface area contributed by atoms with Gasteiger partial charge in [0.15, 0.2) is 0 Å².